The highest BCUT2D eigenvalue weighted by molar-refractivity contribution is 8.00. The lowest BCUT2D eigenvalue weighted by Gasteiger charge is -2.13. The molecule has 6 heteroatoms. The summed E-state index contributed by atoms with van der Waals surface area (Å²) in [6.07, 6.45) is 0. The Morgan fingerprint density at radius 3 is 2.52 bits per heavy atom. The number of aryl methyl sites for hydroxylation is 1. The fourth-order valence-electron chi connectivity index (χ4n) is 2.09. The largest absolute Gasteiger partial charge is 0.462 e. The van der Waals surface area contributed by atoms with Crippen molar-refractivity contribution in [2.75, 3.05) is 11.9 Å². The van der Waals surface area contributed by atoms with Crippen LogP contribution in [-0.2, 0) is 9.53 Å². The van der Waals surface area contributed by atoms with Crippen molar-refractivity contribution in [3.63, 3.8) is 0 Å². The Morgan fingerprint density at radius 1 is 1.20 bits per heavy atom. The minimum atomic E-state index is -0.509. The van der Waals surface area contributed by atoms with Crippen LogP contribution in [0.15, 0.2) is 47.4 Å². The van der Waals surface area contributed by atoms with E-state index in [1.807, 2.05) is 38.1 Å². The van der Waals surface area contributed by atoms with Gasteiger partial charge in [-0.2, -0.15) is 0 Å². The van der Waals surface area contributed by atoms with Crippen molar-refractivity contribution < 1.29 is 14.3 Å². The van der Waals surface area contributed by atoms with Gasteiger partial charge in [-0.1, -0.05) is 29.3 Å². The Morgan fingerprint density at radius 2 is 1.88 bits per heavy atom. The molecule has 2 aromatic rings. The Labute approximate surface area is 156 Å². The number of ether oxygens (including phenoxy) is 1. The molecule has 1 N–H and O–H groups in total. The normalized spacial score (nSPS) is 11.7. The molecule has 25 heavy (non-hydrogen) atoms. The van der Waals surface area contributed by atoms with Crippen molar-refractivity contribution in [1.29, 1.82) is 0 Å². The van der Waals surface area contributed by atoms with E-state index in [9.17, 15) is 9.59 Å². The molecule has 0 aliphatic carbocycles. The summed E-state index contributed by atoms with van der Waals surface area (Å²) in [7, 11) is 0. The van der Waals surface area contributed by atoms with E-state index in [0.717, 1.165) is 4.90 Å². The van der Waals surface area contributed by atoms with Gasteiger partial charge >= 0.3 is 5.97 Å². The Balaban J connectivity index is 2.05. The second-order valence-corrected chi connectivity index (χ2v) is 7.30. The van der Waals surface area contributed by atoms with Gasteiger partial charge in [-0.05, 0) is 51.1 Å². The van der Waals surface area contributed by atoms with Crippen molar-refractivity contribution in [2.24, 2.45) is 0 Å². The molecular formula is C19H20ClNO3S. The number of hydrogen-bond acceptors (Lipinski definition) is 4. The number of halogens is 1. The predicted molar refractivity (Wildman–Crippen MR) is 103 cm³/mol. The summed E-state index contributed by atoms with van der Waals surface area (Å²) in [5, 5.41) is 2.81. The molecule has 1 amide bonds. The third-order valence-electron chi connectivity index (χ3n) is 3.43. The average molecular weight is 378 g/mol. The number of esters is 1. The molecule has 0 bridgehead atoms. The SMILES string of the molecule is CCOC(=O)c1cc(NC(=O)C(C)Sc2ccc(C)cc2)ccc1Cl. The maximum atomic E-state index is 12.4. The van der Waals surface area contributed by atoms with Gasteiger partial charge < -0.3 is 10.1 Å². The summed E-state index contributed by atoms with van der Waals surface area (Å²) in [4.78, 5) is 25.3. The first kappa shape index (κ1) is 19.3. The van der Waals surface area contributed by atoms with Gasteiger partial charge in [0, 0.05) is 10.6 Å². The smallest absolute Gasteiger partial charge is 0.339 e. The van der Waals surface area contributed by atoms with E-state index in [4.69, 9.17) is 16.3 Å². The van der Waals surface area contributed by atoms with Crippen LogP contribution in [0.5, 0.6) is 0 Å². The van der Waals surface area contributed by atoms with Crippen molar-refractivity contribution in [3.8, 4) is 0 Å². The van der Waals surface area contributed by atoms with Crippen molar-refractivity contribution in [1.82, 2.24) is 0 Å². The van der Waals surface area contributed by atoms with Crippen LogP contribution in [0.3, 0.4) is 0 Å². The number of anilines is 1. The summed E-state index contributed by atoms with van der Waals surface area (Å²) < 4.78 is 4.96. The number of benzene rings is 2. The predicted octanol–water partition coefficient (Wildman–Crippen LogP) is 4.94. The maximum absolute atomic E-state index is 12.4. The van der Waals surface area contributed by atoms with Crippen molar-refractivity contribution in [3.05, 3.63) is 58.6 Å². The molecule has 132 valence electrons. The first-order valence-corrected chi connectivity index (χ1v) is 9.17. The molecule has 4 nitrogen and oxygen atoms in total. The molecule has 0 fully saturated rings. The zero-order valence-corrected chi connectivity index (χ0v) is 15.9. The number of carbonyl (C=O) groups is 2. The van der Waals surface area contributed by atoms with Crippen LogP contribution >= 0.6 is 23.4 Å². The second kappa shape index (κ2) is 8.92. The second-order valence-electron chi connectivity index (χ2n) is 5.48. The third kappa shape index (κ3) is 5.51. The average Bonchev–Trinajstić information content (AvgIpc) is 2.58. The van der Waals surface area contributed by atoms with Crippen LogP contribution < -0.4 is 5.32 Å². The van der Waals surface area contributed by atoms with Crippen molar-refractivity contribution >= 4 is 40.9 Å². The Kier molecular flexibility index (Phi) is 6.91. The van der Waals surface area contributed by atoms with Crippen LogP contribution in [0.25, 0.3) is 0 Å². The van der Waals surface area contributed by atoms with E-state index in [0.29, 0.717) is 10.7 Å². The summed E-state index contributed by atoms with van der Waals surface area (Å²) in [6.45, 7) is 5.84. The van der Waals surface area contributed by atoms with Crippen LogP contribution in [0.4, 0.5) is 5.69 Å². The lowest BCUT2D eigenvalue weighted by atomic mass is 10.2. The van der Waals surface area contributed by atoms with Gasteiger partial charge in [-0.15, -0.1) is 11.8 Å². The van der Waals surface area contributed by atoms with Crippen molar-refractivity contribution in [2.45, 2.75) is 30.9 Å². The molecule has 1 atom stereocenters. The number of amides is 1. The monoisotopic (exact) mass is 377 g/mol. The fraction of sp³-hybridized carbons (Fsp3) is 0.263. The van der Waals surface area contributed by atoms with E-state index in [1.165, 1.54) is 23.4 Å². The molecule has 0 saturated carbocycles. The number of rotatable bonds is 6. The van der Waals surface area contributed by atoms with Gasteiger partial charge in [0.05, 0.1) is 22.4 Å². The van der Waals surface area contributed by atoms with Crippen LogP contribution in [0, 0.1) is 6.92 Å². The van der Waals surface area contributed by atoms with Crippen LogP contribution in [0.1, 0.15) is 29.8 Å². The van der Waals surface area contributed by atoms with Gasteiger partial charge in [0.1, 0.15) is 0 Å². The molecule has 0 aromatic heterocycles. The molecule has 0 aliphatic rings. The number of hydrogen-bond donors (Lipinski definition) is 1. The molecule has 2 rings (SSSR count). The van der Waals surface area contributed by atoms with Gasteiger partial charge in [0.2, 0.25) is 5.91 Å². The molecule has 2 aromatic carbocycles. The molecule has 0 spiro atoms. The third-order valence-corrected chi connectivity index (χ3v) is 4.87. The fourth-order valence-corrected chi connectivity index (χ4v) is 3.15. The van der Waals surface area contributed by atoms with E-state index in [2.05, 4.69) is 5.32 Å². The summed E-state index contributed by atoms with van der Waals surface area (Å²) in [5.41, 5.74) is 1.92. The highest BCUT2D eigenvalue weighted by Gasteiger charge is 2.17. The first-order valence-electron chi connectivity index (χ1n) is 7.91. The quantitative estimate of drug-likeness (QED) is 0.572. The standard InChI is InChI=1S/C19H20ClNO3S/c1-4-24-19(23)16-11-14(7-10-17(16)20)21-18(22)13(3)25-15-8-5-12(2)6-9-15/h5-11,13H,4H2,1-3H3,(H,21,22). The van der Waals surface area contributed by atoms with E-state index >= 15 is 0 Å². The van der Waals surface area contributed by atoms with Gasteiger partial charge in [0.25, 0.3) is 0 Å². The highest BCUT2D eigenvalue weighted by Crippen LogP contribution is 2.26. The topological polar surface area (TPSA) is 55.4 Å². The Hall–Kier alpha value is -1.98. The van der Waals surface area contributed by atoms with Gasteiger partial charge in [-0.25, -0.2) is 4.79 Å². The number of nitrogens with one attached hydrogen (secondary N) is 1. The summed E-state index contributed by atoms with van der Waals surface area (Å²) >= 11 is 7.50. The Bertz CT molecular complexity index is 762. The summed E-state index contributed by atoms with van der Waals surface area (Å²) in [6, 6.07) is 12.8. The molecule has 0 aliphatic heterocycles. The lowest BCUT2D eigenvalue weighted by Crippen LogP contribution is -2.22. The zero-order chi connectivity index (χ0) is 18.4. The van der Waals surface area contributed by atoms with Crippen LogP contribution in [0.2, 0.25) is 5.02 Å². The number of thioether (sulfide) groups is 1. The van der Waals surface area contributed by atoms with Crippen LogP contribution in [-0.4, -0.2) is 23.7 Å². The highest BCUT2D eigenvalue weighted by atomic mass is 35.5. The summed E-state index contributed by atoms with van der Waals surface area (Å²) in [5.74, 6) is -0.659. The minimum Gasteiger partial charge on any atom is -0.462 e. The zero-order valence-electron chi connectivity index (χ0n) is 14.3. The lowest BCUT2D eigenvalue weighted by molar-refractivity contribution is -0.115. The maximum Gasteiger partial charge on any atom is 0.339 e. The first-order chi connectivity index (χ1) is 11.9. The van der Waals surface area contributed by atoms with E-state index in [1.54, 1.807) is 19.1 Å². The molecule has 0 heterocycles. The molecule has 0 saturated heterocycles. The molecular weight excluding hydrogens is 358 g/mol. The minimum absolute atomic E-state index is 0.150. The van der Waals surface area contributed by atoms with Gasteiger partial charge in [-0.3, -0.25) is 4.79 Å². The van der Waals surface area contributed by atoms with E-state index < -0.39 is 5.97 Å². The molecule has 0 radical (unpaired) electrons. The number of carbonyl (C=O) groups excluding carboxylic acids is 2. The van der Waals surface area contributed by atoms with E-state index in [-0.39, 0.29) is 23.3 Å². The molecule has 1 unspecified atom stereocenters. The van der Waals surface area contributed by atoms with Gasteiger partial charge in [0.15, 0.2) is 0 Å².